The standard InChI is InChI=1S/C26H31N3O3S/c1-3-32-20-12-10-19(11-13-20)29-24(30)22-16-23-21(14-15-33-23)28(22)17-26(29,2)25(31)27-18-8-6-4-5-7-9-18/h10-16,18H,3-9,17H2,1-2H3,(H,27,31)/t26-/m1/s1. The number of ether oxygens (including phenoxy) is 1. The smallest absolute Gasteiger partial charge is 0.275 e. The second kappa shape index (κ2) is 8.86. The molecular weight excluding hydrogens is 434 g/mol. The van der Waals surface area contributed by atoms with E-state index in [4.69, 9.17) is 4.74 Å². The predicted octanol–water partition coefficient (Wildman–Crippen LogP) is 5.36. The first-order valence-electron chi connectivity index (χ1n) is 12.0. The fraction of sp³-hybridized carbons (Fsp3) is 0.462. The predicted molar refractivity (Wildman–Crippen MR) is 132 cm³/mol. The van der Waals surface area contributed by atoms with Crippen LogP contribution in [0.3, 0.4) is 0 Å². The van der Waals surface area contributed by atoms with Gasteiger partial charge in [-0.2, -0.15) is 0 Å². The van der Waals surface area contributed by atoms with Gasteiger partial charge in [0.2, 0.25) is 5.91 Å². The van der Waals surface area contributed by atoms with Crippen molar-refractivity contribution in [2.75, 3.05) is 11.5 Å². The number of nitrogens with one attached hydrogen (secondary N) is 1. The molecule has 33 heavy (non-hydrogen) atoms. The number of carbonyl (C=O) groups excluding carboxylic acids is 2. The van der Waals surface area contributed by atoms with Gasteiger partial charge >= 0.3 is 0 Å². The first-order valence-corrected chi connectivity index (χ1v) is 12.8. The molecule has 0 spiro atoms. The zero-order chi connectivity index (χ0) is 23.0. The normalized spacial score (nSPS) is 21.6. The summed E-state index contributed by atoms with van der Waals surface area (Å²) < 4.78 is 8.67. The molecular formula is C26H31N3O3S. The van der Waals surface area contributed by atoms with Crippen molar-refractivity contribution in [2.45, 2.75) is 70.5 Å². The van der Waals surface area contributed by atoms with Crippen molar-refractivity contribution in [3.8, 4) is 5.75 Å². The Labute approximate surface area is 198 Å². The van der Waals surface area contributed by atoms with Gasteiger partial charge in [-0.3, -0.25) is 14.5 Å². The van der Waals surface area contributed by atoms with E-state index in [1.165, 1.54) is 12.8 Å². The van der Waals surface area contributed by atoms with Crippen LogP contribution in [0.1, 0.15) is 62.9 Å². The van der Waals surface area contributed by atoms with Crippen molar-refractivity contribution < 1.29 is 14.3 Å². The number of fused-ring (bicyclic) bond motifs is 3. The molecule has 5 rings (SSSR count). The lowest BCUT2D eigenvalue weighted by atomic mass is 9.92. The summed E-state index contributed by atoms with van der Waals surface area (Å²) in [6.07, 6.45) is 6.73. The number of aromatic nitrogens is 1. The molecule has 1 aliphatic heterocycles. The number of hydrogen-bond acceptors (Lipinski definition) is 4. The molecule has 0 saturated heterocycles. The van der Waals surface area contributed by atoms with E-state index in [9.17, 15) is 9.59 Å². The molecule has 2 aliphatic rings. The molecule has 7 heteroatoms. The van der Waals surface area contributed by atoms with Gasteiger partial charge in [0, 0.05) is 11.7 Å². The van der Waals surface area contributed by atoms with Gasteiger partial charge in [-0.25, -0.2) is 0 Å². The number of nitrogens with zero attached hydrogens (tertiary/aromatic N) is 2. The lowest BCUT2D eigenvalue weighted by molar-refractivity contribution is -0.127. The Balaban J connectivity index is 1.54. The maximum atomic E-state index is 13.9. The van der Waals surface area contributed by atoms with Gasteiger partial charge in [0.25, 0.3) is 5.91 Å². The minimum Gasteiger partial charge on any atom is -0.494 e. The van der Waals surface area contributed by atoms with Gasteiger partial charge in [-0.15, -0.1) is 11.3 Å². The van der Waals surface area contributed by atoms with Crippen LogP contribution in [-0.4, -0.2) is 34.6 Å². The van der Waals surface area contributed by atoms with Gasteiger partial charge in [-0.05, 0) is 68.5 Å². The number of hydrogen-bond donors (Lipinski definition) is 1. The Morgan fingerprint density at radius 2 is 1.88 bits per heavy atom. The van der Waals surface area contributed by atoms with Crippen molar-refractivity contribution in [1.82, 2.24) is 9.88 Å². The van der Waals surface area contributed by atoms with Crippen molar-refractivity contribution in [1.29, 1.82) is 0 Å². The number of amides is 2. The molecule has 1 fully saturated rings. The van der Waals surface area contributed by atoms with Crippen molar-refractivity contribution in [2.24, 2.45) is 0 Å². The molecule has 0 unspecified atom stereocenters. The maximum Gasteiger partial charge on any atom is 0.275 e. The van der Waals surface area contributed by atoms with E-state index in [1.807, 2.05) is 60.2 Å². The number of benzene rings is 1. The lowest BCUT2D eigenvalue weighted by Crippen LogP contribution is -2.65. The summed E-state index contributed by atoms with van der Waals surface area (Å²) in [6.45, 7) is 4.83. The minimum atomic E-state index is -1.04. The summed E-state index contributed by atoms with van der Waals surface area (Å²) in [5, 5.41) is 5.35. The molecule has 2 amide bonds. The second-order valence-corrected chi connectivity index (χ2v) is 10.2. The molecule has 0 bridgehead atoms. The molecule has 1 aromatic carbocycles. The quantitative estimate of drug-likeness (QED) is 0.516. The van der Waals surface area contributed by atoms with Gasteiger partial charge in [0.05, 0.1) is 23.4 Å². The van der Waals surface area contributed by atoms with Crippen LogP contribution in [0.4, 0.5) is 5.69 Å². The number of carbonyl (C=O) groups is 2. The van der Waals surface area contributed by atoms with Crippen molar-refractivity contribution in [3.63, 3.8) is 0 Å². The Bertz CT molecular complexity index is 1160. The molecule has 174 valence electrons. The highest BCUT2D eigenvalue weighted by atomic mass is 32.1. The average Bonchev–Trinajstić information content (AvgIpc) is 3.30. The van der Waals surface area contributed by atoms with Crippen LogP contribution in [0, 0.1) is 0 Å². The molecule has 6 nitrogen and oxygen atoms in total. The van der Waals surface area contributed by atoms with Crippen LogP contribution < -0.4 is 15.0 Å². The largest absolute Gasteiger partial charge is 0.494 e. The highest BCUT2D eigenvalue weighted by molar-refractivity contribution is 7.17. The summed E-state index contributed by atoms with van der Waals surface area (Å²) >= 11 is 1.62. The van der Waals surface area contributed by atoms with Crippen LogP contribution in [0.2, 0.25) is 0 Å². The molecule has 1 aliphatic carbocycles. The highest BCUT2D eigenvalue weighted by Gasteiger charge is 2.49. The van der Waals surface area contributed by atoms with E-state index in [1.54, 1.807) is 16.2 Å². The van der Waals surface area contributed by atoms with E-state index in [0.717, 1.165) is 41.6 Å². The van der Waals surface area contributed by atoms with E-state index in [2.05, 4.69) is 5.32 Å². The number of anilines is 1. The second-order valence-electron chi connectivity index (χ2n) is 9.29. The third kappa shape index (κ3) is 3.92. The average molecular weight is 466 g/mol. The third-order valence-corrected chi connectivity index (χ3v) is 7.84. The summed E-state index contributed by atoms with van der Waals surface area (Å²) in [4.78, 5) is 29.4. The van der Waals surface area contributed by atoms with Crippen LogP contribution in [0.25, 0.3) is 10.2 Å². The summed E-state index contributed by atoms with van der Waals surface area (Å²) in [5.74, 6) is 0.519. The summed E-state index contributed by atoms with van der Waals surface area (Å²) in [5.41, 5.74) is 1.31. The van der Waals surface area contributed by atoms with E-state index < -0.39 is 5.54 Å². The zero-order valence-electron chi connectivity index (χ0n) is 19.3. The fourth-order valence-electron chi connectivity index (χ4n) is 5.24. The van der Waals surface area contributed by atoms with E-state index in [-0.39, 0.29) is 17.9 Å². The zero-order valence-corrected chi connectivity index (χ0v) is 20.1. The van der Waals surface area contributed by atoms with Crippen LogP contribution in [-0.2, 0) is 11.3 Å². The topological polar surface area (TPSA) is 63.6 Å². The Hall–Kier alpha value is -2.80. The van der Waals surface area contributed by atoms with E-state index >= 15 is 0 Å². The van der Waals surface area contributed by atoms with Crippen LogP contribution in [0.15, 0.2) is 41.8 Å². The van der Waals surface area contributed by atoms with Crippen molar-refractivity contribution >= 4 is 39.1 Å². The molecule has 3 heterocycles. The van der Waals surface area contributed by atoms with Gasteiger partial charge in [0.15, 0.2) is 0 Å². The van der Waals surface area contributed by atoms with Crippen LogP contribution in [0.5, 0.6) is 5.75 Å². The lowest BCUT2D eigenvalue weighted by Gasteiger charge is -2.44. The molecule has 1 saturated carbocycles. The highest BCUT2D eigenvalue weighted by Crippen LogP contribution is 2.38. The monoisotopic (exact) mass is 465 g/mol. The SMILES string of the molecule is CCOc1ccc(N2C(=O)c3cc4sccc4n3C[C@]2(C)C(=O)NC2CCCCCC2)cc1. The van der Waals surface area contributed by atoms with Gasteiger partial charge < -0.3 is 14.6 Å². The third-order valence-electron chi connectivity index (χ3n) is 6.99. The van der Waals surface area contributed by atoms with Gasteiger partial charge in [-0.1, -0.05) is 25.7 Å². The first-order chi connectivity index (χ1) is 16.0. The number of thiophene rings is 1. The molecule has 3 aromatic rings. The van der Waals surface area contributed by atoms with Crippen LogP contribution >= 0.6 is 11.3 Å². The first kappa shape index (κ1) is 22.0. The number of rotatable bonds is 5. The Morgan fingerprint density at radius 3 is 2.58 bits per heavy atom. The van der Waals surface area contributed by atoms with Crippen molar-refractivity contribution in [3.05, 3.63) is 47.5 Å². The van der Waals surface area contributed by atoms with E-state index in [0.29, 0.717) is 24.5 Å². The molecule has 2 aromatic heterocycles. The summed E-state index contributed by atoms with van der Waals surface area (Å²) in [7, 11) is 0. The molecule has 1 N–H and O–H groups in total. The summed E-state index contributed by atoms with van der Waals surface area (Å²) in [6, 6.07) is 11.6. The maximum absolute atomic E-state index is 13.9. The molecule has 1 atom stereocenters. The van der Waals surface area contributed by atoms with Gasteiger partial charge in [0.1, 0.15) is 17.0 Å². The fourth-order valence-corrected chi connectivity index (χ4v) is 6.06. The Morgan fingerprint density at radius 1 is 1.15 bits per heavy atom. The Kier molecular flexibility index (Phi) is 5.91. The molecule has 0 radical (unpaired) electrons. The minimum absolute atomic E-state index is 0.0839.